The van der Waals surface area contributed by atoms with E-state index in [1.165, 1.54) is 11.3 Å². The molecule has 0 aromatic carbocycles. The molecular formula is C9H8N2OS2. The first kappa shape index (κ1) is 9.36. The summed E-state index contributed by atoms with van der Waals surface area (Å²) >= 11 is 6.36. The largest absolute Gasteiger partial charge is 0.462 e. The standard InChI is InChI=1S/C9H8N2OS2/c1-5-7(8(10)13)14-9(11-5)6-3-2-4-12-6/h2-4H,1H3,(H2,10,13). The lowest BCUT2D eigenvalue weighted by atomic mass is 10.4. The van der Waals surface area contributed by atoms with E-state index in [2.05, 4.69) is 4.98 Å². The second-order valence-electron chi connectivity index (χ2n) is 2.78. The Labute approximate surface area is 90.6 Å². The molecule has 2 aromatic heterocycles. The van der Waals surface area contributed by atoms with Gasteiger partial charge >= 0.3 is 0 Å². The maximum atomic E-state index is 5.55. The van der Waals surface area contributed by atoms with Crippen molar-refractivity contribution < 1.29 is 4.42 Å². The third kappa shape index (κ3) is 1.56. The van der Waals surface area contributed by atoms with Crippen LogP contribution in [0.25, 0.3) is 10.8 Å². The molecule has 0 unspecified atom stereocenters. The lowest BCUT2D eigenvalue weighted by Gasteiger charge is -1.89. The number of thiocarbonyl (C=S) groups is 1. The topological polar surface area (TPSA) is 52.0 Å². The minimum absolute atomic E-state index is 0.387. The van der Waals surface area contributed by atoms with Crippen molar-refractivity contribution >= 4 is 28.5 Å². The van der Waals surface area contributed by atoms with Crippen LogP contribution in [0.3, 0.4) is 0 Å². The smallest absolute Gasteiger partial charge is 0.162 e. The summed E-state index contributed by atoms with van der Waals surface area (Å²) in [5.74, 6) is 0.751. The molecule has 0 aliphatic carbocycles. The van der Waals surface area contributed by atoms with E-state index in [-0.39, 0.29) is 0 Å². The molecule has 72 valence electrons. The summed E-state index contributed by atoms with van der Waals surface area (Å²) in [7, 11) is 0. The van der Waals surface area contributed by atoms with Gasteiger partial charge in [-0.3, -0.25) is 0 Å². The van der Waals surface area contributed by atoms with Crippen LogP contribution in [-0.4, -0.2) is 9.97 Å². The van der Waals surface area contributed by atoms with E-state index < -0.39 is 0 Å². The highest BCUT2D eigenvalue weighted by Crippen LogP contribution is 2.27. The second kappa shape index (κ2) is 3.51. The fraction of sp³-hybridized carbons (Fsp3) is 0.111. The van der Waals surface area contributed by atoms with Crippen LogP contribution in [-0.2, 0) is 0 Å². The molecule has 0 saturated carbocycles. The Morgan fingerprint density at radius 1 is 1.64 bits per heavy atom. The van der Waals surface area contributed by atoms with Crippen LogP contribution in [0, 0.1) is 6.92 Å². The van der Waals surface area contributed by atoms with Gasteiger partial charge in [-0.25, -0.2) is 4.98 Å². The number of nitrogens with two attached hydrogens (primary N) is 1. The van der Waals surface area contributed by atoms with Crippen molar-refractivity contribution in [1.82, 2.24) is 4.98 Å². The SMILES string of the molecule is Cc1nc(-c2ccco2)sc1C(N)=S. The van der Waals surface area contributed by atoms with Crippen molar-refractivity contribution in [2.75, 3.05) is 0 Å². The number of hydrogen-bond acceptors (Lipinski definition) is 4. The van der Waals surface area contributed by atoms with Crippen molar-refractivity contribution in [2.24, 2.45) is 5.73 Å². The first-order valence-electron chi connectivity index (χ1n) is 3.99. The zero-order valence-electron chi connectivity index (χ0n) is 7.48. The van der Waals surface area contributed by atoms with E-state index >= 15 is 0 Å². The molecule has 0 bridgehead atoms. The van der Waals surface area contributed by atoms with E-state index in [1.807, 2.05) is 19.1 Å². The first-order valence-corrected chi connectivity index (χ1v) is 5.22. The highest BCUT2D eigenvalue weighted by molar-refractivity contribution is 7.81. The van der Waals surface area contributed by atoms with E-state index in [0.29, 0.717) is 4.99 Å². The van der Waals surface area contributed by atoms with E-state index in [4.69, 9.17) is 22.4 Å². The molecule has 0 radical (unpaired) electrons. The predicted molar refractivity (Wildman–Crippen MR) is 60.4 cm³/mol. The van der Waals surface area contributed by atoms with E-state index in [0.717, 1.165) is 21.3 Å². The van der Waals surface area contributed by atoms with Gasteiger partial charge in [-0.2, -0.15) is 0 Å². The van der Waals surface area contributed by atoms with Crippen molar-refractivity contribution in [1.29, 1.82) is 0 Å². The first-order chi connectivity index (χ1) is 6.68. The fourth-order valence-electron chi connectivity index (χ4n) is 1.13. The van der Waals surface area contributed by atoms with Gasteiger partial charge in [0.2, 0.25) is 0 Å². The van der Waals surface area contributed by atoms with Crippen LogP contribution in [0.1, 0.15) is 10.6 Å². The van der Waals surface area contributed by atoms with Crippen LogP contribution >= 0.6 is 23.6 Å². The van der Waals surface area contributed by atoms with Gasteiger partial charge < -0.3 is 10.2 Å². The molecule has 2 N–H and O–H groups in total. The maximum Gasteiger partial charge on any atom is 0.162 e. The molecule has 2 aromatic rings. The molecule has 0 aliphatic rings. The normalized spacial score (nSPS) is 10.4. The molecule has 5 heteroatoms. The Balaban J connectivity index is 2.48. The Hall–Kier alpha value is -1.20. The lowest BCUT2D eigenvalue weighted by Crippen LogP contribution is -2.08. The molecule has 0 aliphatic heterocycles. The van der Waals surface area contributed by atoms with Crippen LogP contribution < -0.4 is 5.73 Å². The highest BCUT2D eigenvalue weighted by atomic mass is 32.1. The predicted octanol–water partition coefficient (Wildman–Crippen LogP) is 2.35. The zero-order chi connectivity index (χ0) is 10.1. The van der Waals surface area contributed by atoms with E-state index in [9.17, 15) is 0 Å². The number of nitrogens with zero attached hydrogens (tertiary/aromatic N) is 1. The van der Waals surface area contributed by atoms with Gasteiger partial charge in [0.1, 0.15) is 4.99 Å². The number of thiazole rings is 1. The third-order valence-corrected chi connectivity index (χ3v) is 3.29. The monoisotopic (exact) mass is 224 g/mol. The minimum atomic E-state index is 0.387. The van der Waals surface area contributed by atoms with Crippen molar-refractivity contribution in [2.45, 2.75) is 6.92 Å². The Morgan fingerprint density at radius 3 is 2.93 bits per heavy atom. The van der Waals surface area contributed by atoms with Crippen LogP contribution in [0.5, 0.6) is 0 Å². The summed E-state index contributed by atoms with van der Waals surface area (Å²) in [6, 6.07) is 3.69. The molecule has 14 heavy (non-hydrogen) atoms. The van der Waals surface area contributed by atoms with Crippen molar-refractivity contribution in [3.63, 3.8) is 0 Å². The number of rotatable bonds is 2. The summed E-state index contributed by atoms with van der Waals surface area (Å²) in [6.07, 6.45) is 1.62. The number of aromatic nitrogens is 1. The van der Waals surface area contributed by atoms with Gasteiger partial charge in [0.25, 0.3) is 0 Å². The number of aryl methyl sites for hydroxylation is 1. The minimum Gasteiger partial charge on any atom is -0.462 e. The zero-order valence-corrected chi connectivity index (χ0v) is 9.11. The maximum absolute atomic E-state index is 5.55. The van der Waals surface area contributed by atoms with Gasteiger partial charge in [0, 0.05) is 0 Å². The Kier molecular flexibility index (Phi) is 2.35. The molecule has 0 amide bonds. The van der Waals surface area contributed by atoms with Gasteiger partial charge in [-0.05, 0) is 19.1 Å². The third-order valence-electron chi connectivity index (χ3n) is 1.75. The summed E-state index contributed by atoms with van der Waals surface area (Å²) in [6.45, 7) is 1.89. The number of hydrogen-bond donors (Lipinski definition) is 1. The van der Waals surface area contributed by atoms with Crippen LogP contribution in [0.15, 0.2) is 22.8 Å². The highest BCUT2D eigenvalue weighted by Gasteiger charge is 2.12. The summed E-state index contributed by atoms with van der Waals surface area (Å²) < 4.78 is 5.23. The molecule has 0 atom stereocenters. The fourth-order valence-corrected chi connectivity index (χ4v) is 2.29. The van der Waals surface area contributed by atoms with E-state index in [1.54, 1.807) is 6.26 Å². The van der Waals surface area contributed by atoms with Crippen LogP contribution in [0.2, 0.25) is 0 Å². The quantitative estimate of drug-likeness (QED) is 0.795. The summed E-state index contributed by atoms with van der Waals surface area (Å²) in [5.41, 5.74) is 6.41. The summed E-state index contributed by atoms with van der Waals surface area (Å²) in [4.78, 5) is 5.57. The van der Waals surface area contributed by atoms with Gasteiger partial charge in [0.15, 0.2) is 10.8 Å². The van der Waals surface area contributed by atoms with Crippen molar-refractivity contribution in [3.05, 3.63) is 29.0 Å². The van der Waals surface area contributed by atoms with Gasteiger partial charge in [0.05, 0.1) is 16.8 Å². The summed E-state index contributed by atoms with van der Waals surface area (Å²) in [5, 5.41) is 0.815. The molecule has 0 saturated heterocycles. The molecule has 3 nitrogen and oxygen atoms in total. The lowest BCUT2D eigenvalue weighted by molar-refractivity contribution is 0.581. The number of furan rings is 1. The average Bonchev–Trinajstić information content (AvgIpc) is 2.70. The molecular weight excluding hydrogens is 216 g/mol. The van der Waals surface area contributed by atoms with Crippen molar-refractivity contribution in [3.8, 4) is 10.8 Å². The van der Waals surface area contributed by atoms with Crippen LogP contribution in [0.4, 0.5) is 0 Å². The molecule has 0 spiro atoms. The Bertz CT molecular complexity index is 459. The second-order valence-corrected chi connectivity index (χ2v) is 4.21. The average molecular weight is 224 g/mol. The van der Waals surface area contributed by atoms with Gasteiger partial charge in [-0.15, -0.1) is 11.3 Å². The molecule has 2 rings (SSSR count). The molecule has 0 fully saturated rings. The van der Waals surface area contributed by atoms with Gasteiger partial charge in [-0.1, -0.05) is 12.2 Å². The molecule has 2 heterocycles. The Morgan fingerprint density at radius 2 is 2.43 bits per heavy atom.